The Kier molecular flexibility index (Phi) is 11.3. The molecule has 10 heteroatoms. The van der Waals surface area contributed by atoms with Crippen LogP contribution in [0.5, 0.6) is 11.5 Å². The Hall–Kier alpha value is -4.34. The van der Waals surface area contributed by atoms with E-state index >= 15 is 0 Å². The molecule has 0 fully saturated rings. The first-order valence-electron chi connectivity index (χ1n) is 14.7. The number of anilines is 1. The molecule has 0 bridgehead atoms. The van der Waals surface area contributed by atoms with Gasteiger partial charge in [-0.25, -0.2) is 8.42 Å². The number of hydrogen-bond acceptors (Lipinski definition) is 5. The number of ether oxygens (including phenoxy) is 1. The lowest BCUT2D eigenvalue weighted by Crippen LogP contribution is -2.52. The first kappa shape index (κ1) is 33.6. The molecule has 0 saturated carbocycles. The van der Waals surface area contributed by atoms with Gasteiger partial charge in [0.2, 0.25) is 11.8 Å². The van der Waals surface area contributed by atoms with Crippen molar-refractivity contribution in [1.82, 2.24) is 10.2 Å². The van der Waals surface area contributed by atoms with Crippen LogP contribution in [0.1, 0.15) is 38.3 Å². The summed E-state index contributed by atoms with van der Waals surface area (Å²) in [5.41, 5.74) is 1.87. The van der Waals surface area contributed by atoms with Crippen LogP contribution in [0.2, 0.25) is 5.02 Å². The molecule has 2 amide bonds. The molecule has 0 aliphatic rings. The van der Waals surface area contributed by atoms with Crippen molar-refractivity contribution in [3.05, 3.63) is 119 Å². The van der Waals surface area contributed by atoms with Crippen LogP contribution in [0.25, 0.3) is 0 Å². The third-order valence-corrected chi connectivity index (χ3v) is 9.42. The maximum atomic E-state index is 14.1. The number of carbonyl (C=O) groups is 2. The van der Waals surface area contributed by atoms with Crippen LogP contribution in [-0.4, -0.2) is 43.8 Å². The molecule has 0 heterocycles. The van der Waals surface area contributed by atoms with E-state index < -0.39 is 28.5 Å². The Morgan fingerprint density at radius 1 is 0.867 bits per heavy atom. The number of rotatable bonds is 13. The van der Waals surface area contributed by atoms with Gasteiger partial charge < -0.3 is 15.0 Å². The van der Waals surface area contributed by atoms with Crippen LogP contribution in [-0.2, 0) is 26.2 Å². The lowest BCUT2D eigenvalue weighted by atomic mass is 10.1. The highest BCUT2D eigenvalue weighted by Gasteiger charge is 2.33. The molecule has 0 aliphatic carbocycles. The van der Waals surface area contributed by atoms with E-state index in [1.165, 1.54) is 17.0 Å². The van der Waals surface area contributed by atoms with Crippen molar-refractivity contribution in [3.8, 4) is 11.5 Å². The summed E-state index contributed by atoms with van der Waals surface area (Å²) < 4.78 is 35.2. The fraction of sp³-hybridized carbons (Fsp3) is 0.257. The van der Waals surface area contributed by atoms with E-state index in [0.29, 0.717) is 28.5 Å². The summed E-state index contributed by atoms with van der Waals surface area (Å²) in [5.74, 6) is 0.241. The van der Waals surface area contributed by atoms with Gasteiger partial charge in [0, 0.05) is 17.6 Å². The molecule has 8 nitrogen and oxygen atoms in total. The van der Waals surface area contributed by atoms with E-state index in [-0.39, 0.29) is 29.1 Å². The average Bonchev–Trinajstić information content (AvgIpc) is 3.03. The summed E-state index contributed by atoms with van der Waals surface area (Å²) in [7, 11) is -4.20. The van der Waals surface area contributed by atoms with Gasteiger partial charge in [0.15, 0.2) is 0 Å². The molecule has 4 aromatic rings. The van der Waals surface area contributed by atoms with Crippen LogP contribution in [0.3, 0.4) is 0 Å². The van der Waals surface area contributed by atoms with Gasteiger partial charge in [-0.15, -0.1) is 0 Å². The van der Waals surface area contributed by atoms with Gasteiger partial charge in [0.05, 0.1) is 10.6 Å². The zero-order valence-corrected chi connectivity index (χ0v) is 27.4. The minimum absolute atomic E-state index is 0.0365. The van der Waals surface area contributed by atoms with Crippen molar-refractivity contribution in [2.45, 2.75) is 57.6 Å². The van der Waals surface area contributed by atoms with Crippen LogP contribution in [0.4, 0.5) is 5.69 Å². The molecule has 0 aromatic heterocycles. The predicted octanol–water partition coefficient (Wildman–Crippen LogP) is 6.97. The zero-order valence-electron chi connectivity index (χ0n) is 25.8. The first-order chi connectivity index (χ1) is 21.5. The third-order valence-electron chi connectivity index (χ3n) is 7.40. The molecule has 4 rings (SSSR count). The smallest absolute Gasteiger partial charge is 0.264 e. The molecule has 0 radical (unpaired) electrons. The fourth-order valence-corrected chi connectivity index (χ4v) is 6.18. The third kappa shape index (κ3) is 8.86. The molecule has 0 aliphatic heterocycles. The minimum atomic E-state index is -4.20. The van der Waals surface area contributed by atoms with Crippen molar-refractivity contribution in [1.29, 1.82) is 0 Å². The van der Waals surface area contributed by atoms with Crippen LogP contribution >= 0.6 is 11.6 Å². The second-order valence-corrected chi connectivity index (χ2v) is 13.2. The molecule has 45 heavy (non-hydrogen) atoms. The van der Waals surface area contributed by atoms with Gasteiger partial charge in [-0.3, -0.25) is 13.9 Å². The number of nitrogens with zero attached hydrogens (tertiary/aromatic N) is 2. The summed E-state index contributed by atoms with van der Waals surface area (Å²) in [6, 6.07) is 28.1. The van der Waals surface area contributed by atoms with E-state index in [4.69, 9.17) is 16.3 Å². The maximum Gasteiger partial charge on any atom is 0.264 e. The Morgan fingerprint density at radius 2 is 1.51 bits per heavy atom. The number of hydrogen-bond donors (Lipinski definition) is 1. The number of para-hydroxylation sites is 1. The number of sulfonamides is 1. The molecule has 236 valence electrons. The number of halogens is 1. The van der Waals surface area contributed by atoms with Gasteiger partial charge in [-0.05, 0) is 93.4 Å². The van der Waals surface area contributed by atoms with Gasteiger partial charge >= 0.3 is 0 Å². The number of carbonyl (C=O) groups excluding carboxylic acids is 2. The summed E-state index contributed by atoms with van der Waals surface area (Å²) in [6.07, 6.45) is 0.716. The quantitative estimate of drug-likeness (QED) is 0.169. The van der Waals surface area contributed by atoms with E-state index in [2.05, 4.69) is 5.32 Å². The zero-order chi connectivity index (χ0) is 32.6. The number of nitrogens with one attached hydrogen (secondary N) is 1. The molecule has 2 atom stereocenters. The molecular formula is C35H38ClN3O5S. The molecular weight excluding hydrogens is 610 g/mol. The monoisotopic (exact) mass is 647 g/mol. The highest BCUT2D eigenvalue weighted by molar-refractivity contribution is 7.92. The lowest BCUT2D eigenvalue weighted by molar-refractivity contribution is -0.139. The summed E-state index contributed by atoms with van der Waals surface area (Å²) >= 11 is 6.22. The standard InChI is InChI=1S/C35H38ClN3O5S/c1-5-26(3)37-35(41)27(4)38(23-28-10-9-11-29(36)22-28)34(40)24-39(45(42,43)33-20-14-25(2)15-21-33)30-16-18-32(19-17-30)44-31-12-7-6-8-13-31/h6-22,26-27H,5,23-24H2,1-4H3,(H,37,41)/t26-,27-/m1/s1. The van der Waals surface area contributed by atoms with Gasteiger partial charge in [-0.2, -0.15) is 0 Å². The van der Waals surface area contributed by atoms with Gasteiger partial charge in [-0.1, -0.05) is 66.6 Å². The molecule has 0 saturated heterocycles. The Bertz CT molecular complexity index is 1700. The van der Waals surface area contributed by atoms with Crippen molar-refractivity contribution < 1.29 is 22.7 Å². The molecule has 0 unspecified atom stereocenters. The summed E-state index contributed by atoms with van der Waals surface area (Å²) in [6.45, 7) is 6.84. The highest BCUT2D eigenvalue weighted by Crippen LogP contribution is 2.29. The van der Waals surface area contributed by atoms with E-state index in [1.54, 1.807) is 67.6 Å². The first-order valence-corrected chi connectivity index (χ1v) is 16.6. The van der Waals surface area contributed by atoms with E-state index in [1.807, 2.05) is 51.1 Å². The molecule has 1 N–H and O–H groups in total. The largest absolute Gasteiger partial charge is 0.457 e. The van der Waals surface area contributed by atoms with E-state index in [0.717, 1.165) is 9.87 Å². The van der Waals surface area contributed by atoms with Crippen molar-refractivity contribution >= 4 is 39.1 Å². The minimum Gasteiger partial charge on any atom is -0.457 e. The Morgan fingerprint density at radius 3 is 2.13 bits per heavy atom. The normalized spacial score (nSPS) is 12.6. The number of amides is 2. The average molecular weight is 648 g/mol. The van der Waals surface area contributed by atoms with E-state index in [9.17, 15) is 18.0 Å². The fourth-order valence-electron chi connectivity index (χ4n) is 4.55. The summed E-state index contributed by atoms with van der Waals surface area (Å²) in [4.78, 5) is 28.8. The van der Waals surface area contributed by atoms with Crippen molar-refractivity contribution in [2.24, 2.45) is 0 Å². The van der Waals surface area contributed by atoms with Crippen molar-refractivity contribution in [2.75, 3.05) is 10.8 Å². The van der Waals surface area contributed by atoms with Gasteiger partial charge in [0.25, 0.3) is 10.0 Å². The number of benzene rings is 4. The second-order valence-electron chi connectivity index (χ2n) is 10.9. The Balaban J connectivity index is 1.70. The van der Waals surface area contributed by atoms with Crippen LogP contribution in [0, 0.1) is 6.92 Å². The van der Waals surface area contributed by atoms with Crippen molar-refractivity contribution in [3.63, 3.8) is 0 Å². The summed E-state index contributed by atoms with van der Waals surface area (Å²) in [5, 5.41) is 3.41. The predicted molar refractivity (Wildman–Crippen MR) is 178 cm³/mol. The molecule has 0 spiro atoms. The Labute approximate surface area is 270 Å². The maximum absolute atomic E-state index is 14.1. The lowest BCUT2D eigenvalue weighted by Gasteiger charge is -2.32. The van der Waals surface area contributed by atoms with Crippen LogP contribution in [0.15, 0.2) is 108 Å². The van der Waals surface area contributed by atoms with Crippen LogP contribution < -0.4 is 14.4 Å². The van der Waals surface area contributed by atoms with Gasteiger partial charge in [0.1, 0.15) is 24.1 Å². The molecule has 4 aromatic carbocycles. The topological polar surface area (TPSA) is 96.0 Å². The highest BCUT2D eigenvalue weighted by atomic mass is 35.5. The SMILES string of the molecule is CC[C@@H](C)NC(=O)[C@@H](C)N(Cc1cccc(Cl)c1)C(=O)CN(c1ccc(Oc2ccccc2)cc1)S(=O)(=O)c1ccc(C)cc1. The second kappa shape index (κ2) is 15.1. The number of aryl methyl sites for hydroxylation is 1.